The van der Waals surface area contributed by atoms with Crippen molar-refractivity contribution in [2.75, 3.05) is 25.9 Å². The van der Waals surface area contributed by atoms with Crippen LogP contribution >= 0.6 is 0 Å². The Hall–Kier alpha value is -2.49. The van der Waals surface area contributed by atoms with Crippen molar-refractivity contribution in [1.29, 1.82) is 0 Å². The number of hydrogen-bond donors (Lipinski definition) is 1. The summed E-state index contributed by atoms with van der Waals surface area (Å²) in [4.78, 5) is 21.8. The molecule has 26 heavy (non-hydrogen) atoms. The van der Waals surface area contributed by atoms with Gasteiger partial charge >= 0.3 is 6.09 Å². The SMILES string of the molecule is CC.COc1ncnc(C#CC2CCN(C(=O)OC(C)(C)C)CC2)c1N. The first kappa shape index (κ1) is 21.6. The van der Waals surface area contributed by atoms with Crippen LogP contribution in [0.5, 0.6) is 5.88 Å². The number of carbonyl (C=O) groups is 1. The van der Waals surface area contributed by atoms with Crippen LogP contribution in [0.1, 0.15) is 53.2 Å². The summed E-state index contributed by atoms with van der Waals surface area (Å²) in [5, 5.41) is 0. The number of anilines is 1. The van der Waals surface area contributed by atoms with Crippen molar-refractivity contribution in [2.45, 2.75) is 53.1 Å². The number of nitrogens with zero attached hydrogens (tertiary/aromatic N) is 3. The third kappa shape index (κ3) is 6.43. The molecular formula is C19H30N4O3. The van der Waals surface area contributed by atoms with Gasteiger partial charge in [-0.15, -0.1) is 0 Å². The van der Waals surface area contributed by atoms with Crippen LogP contribution in [0.15, 0.2) is 6.33 Å². The monoisotopic (exact) mass is 362 g/mol. The van der Waals surface area contributed by atoms with Gasteiger partial charge in [0, 0.05) is 19.0 Å². The highest BCUT2D eigenvalue weighted by molar-refractivity contribution is 5.68. The van der Waals surface area contributed by atoms with Crippen molar-refractivity contribution in [1.82, 2.24) is 14.9 Å². The Labute approximate surface area is 156 Å². The maximum atomic E-state index is 12.0. The number of rotatable bonds is 1. The second kappa shape index (κ2) is 9.85. The maximum absolute atomic E-state index is 12.0. The molecule has 0 atom stereocenters. The van der Waals surface area contributed by atoms with Gasteiger partial charge in [0.25, 0.3) is 0 Å². The van der Waals surface area contributed by atoms with Crippen molar-refractivity contribution >= 4 is 11.8 Å². The quantitative estimate of drug-likeness (QED) is 0.772. The normalized spacial score (nSPS) is 14.5. The summed E-state index contributed by atoms with van der Waals surface area (Å²) in [6.07, 6.45) is 2.71. The van der Waals surface area contributed by atoms with Gasteiger partial charge in [-0.3, -0.25) is 0 Å². The Balaban J connectivity index is 0.00000163. The van der Waals surface area contributed by atoms with E-state index < -0.39 is 5.60 Å². The largest absolute Gasteiger partial charge is 0.479 e. The molecule has 0 aromatic carbocycles. The molecule has 0 saturated carbocycles. The Morgan fingerprint density at radius 2 is 1.88 bits per heavy atom. The number of carbonyl (C=O) groups excluding carboxylic acids is 1. The lowest BCUT2D eigenvalue weighted by atomic mass is 9.97. The Bertz CT molecular complexity index is 651. The Morgan fingerprint density at radius 3 is 2.42 bits per heavy atom. The minimum Gasteiger partial charge on any atom is -0.479 e. The number of piperidine rings is 1. The molecule has 2 N–H and O–H groups in total. The van der Waals surface area contributed by atoms with Gasteiger partial charge in [-0.2, -0.15) is 4.98 Å². The van der Waals surface area contributed by atoms with E-state index in [0.717, 1.165) is 12.8 Å². The summed E-state index contributed by atoms with van der Waals surface area (Å²) < 4.78 is 10.4. The molecule has 0 spiro atoms. The summed E-state index contributed by atoms with van der Waals surface area (Å²) in [7, 11) is 1.50. The highest BCUT2D eigenvalue weighted by atomic mass is 16.6. The first-order valence-electron chi connectivity index (χ1n) is 8.94. The standard InChI is InChI=1S/C17H24N4O3.C2H6/c1-17(2,3)24-16(22)21-9-7-12(8-10-21)5-6-13-14(18)15(23-4)20-11-19-13;1-2/h11-12H,7-10,18H2,1-4H3;1-2H3. The van der Waals surface area contributed by atoms with Crippen LogP contribution < -0.4 is 10.5 Å². The number of aromatic nitrogens is 2. The Morgan fingerprint density at radius 1 is 1.27 bits per heavy atom. The molecule has 1 saturated heterocycles. The van der Waals surface area contributed by atoms with Gasteiger partial charge in [0.05, 0.1) is 7.11 Å². The minimum atomic E-state index is -0.475. The molecule has 0 radical (unpaired) electrons. The van der Waals surface area contributed by atoms with Gasteiger partial charge in [0.15, 0.2) is 0 Å². The number of amides is 1. The molecule has 0 unspecified atom stereocenters. The number of nitrogen functional groups attached to an aromatic ring is 1. The van der Waals surface area contributed by atoms with E-state index in [-0.39, 0.29) is 12.0 Å². The molecule has 2 rings (SSSR count). The molecule has 1 aliphatic rings. The average molecular weight is 362 g/mol. The van der Waals surface area contributed by atoms with Crippen LogP contribution in [0.25, 0.3) is 0 Å². The molecule has 144 valence electrons. The molecule has 0 bridgehead atoms. The molecular weight excluding hydrogens is 332 g/mol. The van der Waals surface area contributed by atoms with E-state index in [4.69, 9.17) is 15.2 Å². The fourth-order valence-electron chi connectivity index (χ4n) is 2.34. The van der Waals surface area contributed by atoms with Crippen LogP contribution in [0.4, 0.5) is 10.5 Å². The molecule has 1 fully saturated rings. The predicted octanol–water partition coefficient (Wildman–Crippen LogP) is 3.09. The summed E-state index contributed by atoms with van der Waals surface area (Å²) in [5.41, 5.74) is 6.25. The van der Waals surface area contributed by atoms with Crippen LogP contribution in [0.3, 0.4) is 0 Å². The molecule has 2 heterocycles. The van der Waals surface area contributed by atoms with E-state index in [1.54, 1.807) is 4.90 Å². The van der Waals surface area contributed by atoms with Gasteiger partial charge in [-0.25, -0.2) is 9.78 Å². The van der Waals surface area contributed by atoms with E-state index in [1.807, 2.05) is 34.6 Å². The molecule has 1 aliphatic heterocycles. The number of nitrogens with two attached hydrogens (primary N) is 1. The third-order valence-corrected chi connectivity index (χ3v) is 3.58. The first-order chi connectivity index (χ1) is 12.3. The van der Waals surface area contributed by atoms with Crippen molar-refractivity contribution in [2.24, 2.45) is 5.92 Å². The summed E-state index contributed by atoms with van der Waals surface area (Å²) in [5.74, 6) is 6.71. The smallest absolute Gasteiger partial charge is 0.410 e. The molecule has 7 heteroatoms. The molecule has 7 nitrogen and oxygen atoms in total. The number of ether oxygens (including phenoxy) is 2. The van der Waals surface area contributed by atoms with Crippen LogP contribution in [-0.2, 0) is 4.74 Å². The molecule has 1 aromatic rings. The van der Waals surface area contributed by atoms with Crippen molar-refractivity contribution in [3.8, 4) is 17.7 Å². The van der Waals surface area contributed by atoms with E-state index in [0.29, 0.717) is 30.4 Å². The highest BCUT2D eigenvalue weighted by Crippen LogP contribution is 2.21. The lowest BCUT2D eigenvalue weighted by Crippen LogP contribution is -2.41. The predicted molar refractivity (Wildman–Crippen MR) is 102 cm³/mol. The van der Waals surface area contributed by atoms with Gasteiger partial charge in [-0.05, 0) is 39.5 Å². The number of methoxy groups -OCH3 is 1. The summed E-state index contributed by atoms with van der Waals surface area (Å²) in [6.45, 7) is 10.9. The van der Waals surface area contributed by atoms with E-state index in [2.05, 4.69) is 21.8 Å². The van der Waals surface area contributed by atoms with Gasteiger partial charge < -0.3 is 20.1 Å². The second-order valence-corrected chi connectivity index (χ2v) is 6.66. The van der Waals surface area contributed by atoms with Gasteiger partial charge in [-0.1, -0.05) is 19.8 Å². The number of likely N-dealkylation sites (tertiary alicyclic amines) is 1. The molecule has 0 aliphatic carbocycles. The molecule has 1 aromatic heterocycles. The van der Waals surface area contributed by atoms with Gasteiger partial charge in [0.1, 0.15) is 23.3 Å². The lowest BCUT2D eigenvalue weighted by molar-refractivity contribution is 0.0199. The van der Waals surface area contributed by atoms with Crippen LogP contribution in [0, 0.1) is 17.8 Å². The zero-order valence-electron chi connectivity index (χ0n) is 16.6. The zero-order valence-corrected chi connectivity index (χ0v) is 16.6. The van der Waals surface area contributed by atoms with E-state index >= 15 is 0 Å². The first-order valence-corrected chi connectivity index (χ1v) is 8.94. The maximum Gasteiger partial charge on any atom is 0.410 e. The fraction of sp³-hybridized carbons (Fsp3) is 0.632. The molecule has 1 amide bonds. The zero-order chi connectivity index (χ0) is 19.7. The highest BCUT2D eigenvalue weighted by Gasteiger charge is 2.26. The van der Waals surface area contributed by atoms with Crippen molar-refractivity contribution < 1.29 is 14.3 Å². The van der Waals surface area contributed by atoms with Crippen LogP contribution in [-0.4, -0.2) is 46.8 Å². The van der Waals surface area contributed by atoms with E-state index in [9.17, 15) is 4.79 Å². The number of hydrogen-bond acceptors (Lipinski definition) is 6. The van der Waals surface area contributed by atoms with Crippen molar-refractivity contribution in [3.63, 3.8) is 0 Å². The summed E-state index contributed by atoms with van der Waals surface area (Å²) in [6, 6.07) is 0. The topological polar surface area (TPSA) is 90.6 Å². The van der Waals surface area contributed by atoms with Crippen LogP contribution in [0.2, 0.25) is 0 Å². The second-order valence-electron chi connectivity index (χ2n) is 6.66. The third-order valence-electron chi connectivity index (χ3n) is 3.58. The average Bonchev–Trinajstić information content (AvgIpc) is 2.61. The van der Waals surface area contributed by atoms with Crippen molar-refractivity contribution in [3.05, 3.63) is 12.0 Å². The Kier molecular flexibility index (Phi) is 8.17. The lowest BCUT2D eigenvalue weighted by Gasteiger charge is -2.31. The summed E-state index contributed by atoms with van der Waals surface area (Å²) >= 11 is 0. The van der Waals surface area contributed by atoms with Gasteiger partial charge in [0.2, 0.25) is 5.88 Å². The van der Waals surface area contributed by atoms with E-state index in [1.165, 1.54) is 13.4 Å². The fourth-order valence-corrected chi connectivity index (χ4v) is 2.34. The minimum absolute atomic E-state index is 0.198.